The average molecular weight is 372 g/mol. The van der Waals surface area contributed by atoms with Gasteiger partial charge in [-0.3, -0.25) is 0 Å². The fourth-order valence-corrected chi connectivity index (χ4v) is 2.24. The Balaban J connectivity index is 2.59. The second-order valence-electron chi connectivity index (χ2n) is 4.72. The molecule has 0 spiro atoms. The highest BCUT2D eigenvalue weighted by Gasteiger charge is 2.22. The van der Waals surface area contributed by atoms with Gasteiger partial charge in [0.1, 0.15) is 5.56 Å². The van der Waals surface area contributed by atoms with Gasteiger partial charge in [0.25, 0.3) is 0 Å². The summed E-state index contributed by atoms with van der Waals surface area (Å²) in [7, 11) is 0. The zero-order valence-corrected chi connectivity index (χ0v) is 13.2. The number of hydrogen-bond acceptors (Lipinski definition) is 1. The Morgan fingerprint density at radius 3 is 1.77 bits per heavy atom. The zero-order valence-electron chi connectivity index (χ0n) is 11.6. The predicted molar refractivity (Wildman–Crippen MR) is 80.3 cm³/mol. The third kappa shape index (κ3) is 2.81. The van der Waals surface area contributed by atoms with Crippen molar-refractivity contribution in [2.75, 3.05) is 5.73 Å². The molecule has 0 saturated carbocycles. The van der Waals surface area contributed by atoms with Crippen molar-refractivity contribution >= 4 is 21.6 Å². The third-order valence-corrected chi connectivity index (χ3v) is 3.83. The molecule has 2 aromatic rings. The number of anilines is 1. The smallest absolute Gasteiger partial charge is 0.178 e. The Labute approximate surface area is 133 Å². The summed E-state index contributed by atoms with van der Waals surface area (Å²) >= 11 is 2.45. The van der Waals surface area contributed by atoms with Crippen molar-refractivity contribution < 1.29 is 17.6 Å². The summed E-state index contributed by atoms with van der Waals surface area (Å²) in [6.45, 7) is 3.52. The van der Waals surface area contributed by atoms with E-state index in [0.29, 0.717) is 11.3 Å². The largest absolute Gasteiger partial charge is 0.398 e. The molecular weight excluding hydrogens is 362 g/mol. The zero-order chi connectivity index (χ0) is 16.6. The van der Waals surface area contributed by atoms with E-state index in [1.807, 2.05) is 0 Å². The number of nitrogen functional groups attached to an aromatic ring is 1. The molecule has 0 bridgehead atoms. The molecule has 0 heterocycles. The van der Waals surface area contributed by atoms with Crippen LogP contribution in [0, 0.1) is 49.0 Å². The van der Waals surface area contributed by atoms with E-state index in [4.69, 9.17) is 5.73 Å². The standard InChI is InChI=1S/C16H10BrF4N/c1-7-5-9(6-8(2)16(7)22)3-4-10-12(18)14(20)11(17)15(21)13(10)19/h5-6H,22H2,1-2H3. The maximum atomic E-state index is 13.7. The fourth-order valence-electron chi connectivity index (χ4n) is 1.90. The van der Waals surface area contributed by atoms with Crippen LogP contribution in [0.1, 0.15) is 22.3 Å². The quantitative estimate of drug-likeness (QED) is 0.236. The van der Waals surface area contributed by atoms with E-state index < -0.39 is 33.3 Å². The lowest BCUT2D eigenvalue weighted by Crippen LogP contribution is -2.01. The molecule has 0 fully saturated rings. The number of hydrogen-bond donors (Lipinski definition) is 1. The molecule has 2 rings (SSSR count). The van der Waals surface area contributed by atoms with Crippen molar-refractivity contribution in [3.63, 3.8) is 0 Å². The van der Waals surface area contributed by atoms with Gasteiger partial charge in [-0.2, -0.15) is 0 Å². The summed E-state index contributed by atoms with van der Waals surface area (Å²) in [5, 5.41) is 0. The molecule has 0 aromatic heterocycles. The summed E-state index contributed by atoms with van der Waals surface area (Å²) in [5.74, 6) is -1.49. The monoisotopic (exact) mass is 371 g/mol. The highest BCUT2D eigenvalue weighted by Crippen LogP contribution is 2.27. The Hall–Kier alpha value is -2.00. The maximum absolute atomic E-state index is 13.7. The second kappa shape index (κ2) is 6.01. The Bertz CT molecular complexity index is 782. The molecule has 0 radical (unpaired) electrons. The van der Waals surface area contributed by atoms with Gasteiger partial charge in [0.05, 0.1) is 4.47 Å². The lowest BCUT2D eigenvalue weighted by Gasteiger charge is -2.05. The summed E-state index contributed by atoms with van der Waals surface area (Å²) in [5.41, 5.74) is 7.36. The minimum absolute atomic E-state index is 0.437. The summed E-state index contributed by atoms with van der Waals surface area (Å²) in [6, 6.07) is 3.24. The molecule has 0 unspecified atom stereocenters. The van der Waals surface area contributed by atoms with Gasteiger partial charge in [0, 0.05) is 11.3 Å². The fraction of sp³-hybridized carbons (Fsp3) is 0.125. The van der Waals surface area contributed by atoms with Crippen molar-refractivity contribution in [3.05, 3.63) is 62.1 Å². The third-order valence-electron chi connectivity index (χ3n) is 3.14. The Morgan fingerprint density at radius 1 is 0.864 bits per heavy atom. The summed E-state index contributed by atoms with van der Waals surface area (Å²) in [6.07, 6.45) is 0. The predicted octanol–water partition coefficient (Wildman–Crippen LogP) is 4.60. The van der Waals surface area contributed by atoms with E-state index in [2.05, 4.69) is 27.8 Å². The van der Waals surface area contributed by atoms with Gasteiger partial charge in [0.15, 0.2) is 23.3 Å². The van der Waals surface area contributed by atoms with Crippen LogP contribution in [0.5, 0.6) is 0 Å². The molecular formula is C16H10BrF4N. The van der Waals surface area contributed by atoms with E-state index in [-0.39, 0.29) is 0 Å². The van der Waals surface area contributed by atoms with Gasteiger partial charge in [-0.1, -0.05) is 11.8 Å². The first-order valence-electron chi connectivity index (χ1n) is 6.14. The molecule has 0 aliphatic heterocycles. The Kier molecular flexibility index (Phi) is 4.47. The number of nitrogens with two attached hydrogens (primary N) is 1. The van der Waals surface area contributed by atoms with Crippen LogP contribution in [0.4, 0.5) is 23.2 Å². The van der Waals surface area contributed by atoms with Crippen molar-refractivity contribution in [2.45, 2.75) is 13.8 Å². The lowest BCUT2D eigenvalue weighted by atomic mass is 10.0. The molecule has 1 nitrogen and oxygen atoms in total. The molecule has 114 valence electrons. The average Bonchev–Trinajstić information content (AvgIpc) is 2.48. The van der Waals surface area contributed by atoms with Crippen LogP contribution in [-0.2, 0) is 0 Å². The molecule has 0 atom stereocenters. The van der Waals surface area contributed by atoms with Crippen molar-refractivity contribution in [1.29, 1.82) is 0 Å². The molecule has 6 heteroatoms. The lowest BCUT2D eigenvalue weighted by molar-refractivity contribution is 0.443. The van der Waals surface area contributed by atoms with Crippen LogP contribution in [0.15, 0.2) is 16.6 Å². The first-order valence-corrected chi connectivity index (χ1v) is 6.93. The second-order valence-corrected chi connectivity index (χ2v) is 5.51. The van der Waals surface area contributed by atoms with E-state index in [0.717, 1.165) is 11.1 Å². The number of rotatable bonds is 0. The van der Waals surface area contributed by atoms with Crippen LogP contribution >= 0.6 is 15.9 Å². The van der Waals surface area contributed by atoms with Crippen molar-refractivity contribution in [1.82, 2.24) is 0 Å². The first kappa shape index (κ1) is 16.4. The molecule has 2 N–H and O–H groups in total. The van der Waals surface area contributed by atoms with Gasteiger partial charge in [-0.15, -0.1) is 0 Å². The molecule has 0 aliphatic carbocycles. The Morgan fingerprint density at radius 2 is 1.32 bits per heavy atom. The minimum Gasteiger partial charge on any atom is -0.398 e. The van der Waals surface area contributed by atoms with Crippen LogP contribution in [-0.4, -0.2) is 0 Å². The van der Waals surface area contributed by atoms with Crippen molar-refractivity contribution in [2.24, 2.45) is 0 Å². The topological polar surface area (TPSA) is 26.0 Å². The van der Waals surface area contributed by atoms with E-state index in [9.17, 15) is 17.6 Å². The van der Waals surface area contributed by atoms with Crippen LogP contribution in [0.3, 0.4) is 0 Å². The van der Waals surface area contributed by atoms with Crippen LogP contribution in [0.25, 0.3) is 0 Å². The van der Waals surface area contributed by atoms with Gasteiger partial charge in [0.2, 0.25) is 0 Å². The van der Waals surface area contributed by atoms with E-state index in [1.165, 1.54) is 0 Å². The van der Waals surface area contributed by atoms with Gasteiger partial charge < -0.3 is 5.73 Å². The van der Waals surface area contributed by atoms with Crippen LogP contribution < -0.4 is 5.73 Å². The summed E-state index contributed by atoms with van der Waals surface area (Å²) < 4.78 is 53.3. The highest BCUT2D eigenvalue weighted by molar-refractivity contribution is 9.10. The highest BCUT2D eigenvalue weighted by atomic mass is 79.9. The number of benzene rings is 2. The number of halogens is 5. The van der Waals surface area contributed by atoms with E-state index in [1.54, 1.807) is 26.0 Å². The molecule has 0 amide bonds. The normalized spacial score (nSPS) is 10.3. The first-order chi connectivity index (χ1) is 10.2. The molecule has 2 aromatic carbocycles. The number of aryl methyl sites for hydroxylation is 2. The molecule has 22 heavy (non-hydrogen) atoms. The van der Waals surface area contributed by atoms with Gasteiger partial charge in [-0.25, -0.2) is 17.6 Å². The SMILES string of the molecule is Cc1cc(C#Cc2c(F)c(F)c(Br)c(F)c2F)cc(C)c1N. The van der Waals surface area contributed by atoms with Crippen molar-refractivity contribution in [3.8, 4) is 11.8 Å². The van der Waals surface area contributed by atoms with Crippen LogP contribution in [0.2, 0.25) is 0 Å². The maximum Gasteiger partial charge on any atom is 0.178 e. The molecule has 0 aliphatic rings. The molecule has 0 saturated heterocycles. The van der Waals surface area contributed by atoms with Gasteiger partial charge >= 0.3 is 0 Å². The minimum atomic E-state index is -1.54. The van der Waals surface area contributed by atoms with Gasteiger partial charge in [-0.05, 0) is 53.0 Å². The van der Waals surface area contributed by atoms with E-state index >= 15 is 0 Å². The summed E-state index contributed by atoms with van der Waals surface area (Å²) in [4.78, 5) is 0.